The lowest BCUT2D eigenvalue weighted by Crippen LogP contribution is -2.29. The summed E-state index contributed by atoms with van der Waals surface area (Å²) in [5, 5.41) is 30.5. The van der Waals surface area contributed by atoms with Gasteiger partial charge in [-0.15, -0.1) is 0 Å². The van der Waals surface area contributed by atoms with Crippen LogP contribution in [0.25, 0.3) is 0 Å². The standard InChI is InChI=1S/C26H25ClFN7O4/c1-14(23-33-21(22(36)25(38)34(23)4)24(37)32-17-9-31-39-11-17)20(18-7-16(28)5-6-19(18)27)15-8-30-35(10-15)13-26(2,3)12-29/h5-11,14,20,36H,13H2,1-4H3,(H,32,37)/t14-,20-/m1/s1. The number of nitriles is 1. The van der Waals surface area contributed by atoms with E-state index in [2.05, 4.69) is 26.6 Å². The predicted octanol–water partition coefficient (Wildman–Crippen LogP) is 4.20. The summed E-state index contributed by atoms with van der Waals surface area (Å²) < 4.78 is 21.8. The summed E-state index contributed by atoms with van der Waals surface area (Å²) in [6.45, 7) is 5.59. The molecule has 0 aliphatic carbocycles. The van der Waals surface area contributed by atoms with Crippen LogP contribution in [0.1, 0.15) is 60.0 Å². The lowest BCUT2D eigenvalue weighted by molar-refractivity contribution is 0.101. The van der Waals surface area contributed by atoms with Gasteiger partial charge < -0.3 is 14.9 Å². The average Bonchev–Trinajstić information content (AvgIpc) is 3.57. The molecule has 0 bridgehead atoms. The SMILES string of the molecule is C[C@@H](c1nc(C(=O)Nc2cnoc2)c(O)c(=O)n1C)[C@H](c1cnn(CC(C)(C)C#N)c1)c1cc(F)ccc1Cl. The normalized spacial score (nSPS) is 13.1. The van der Waals surface area contributed by atoms with Gasteiger partial charge in [0.05, 0.1) is 30.4 Å². The first-order valence-electron chi connectivity index (χ1n) is 11.8. The zero-order chi connectivity index (χ0) is 28.5. The Morgan fingerprint density at radius 3 is 2.77 bits per heavy atom. The Balaban J connectivity index is 1.84. The smallest absolute Gasteiger partial charge is 0.296 e. The molecule has 2 N–H and O–H groups in total. The summed E-state index contributed by atoms with van der Waals surface area (Å²) in [5.74, 6) is -3.44. The number of carbonyl (C=O) groups excluding carboxylic acids is 1. The minimum absolute atomic E-state index is 0.128. The molecule has 202 valence electrons. The Kier molecular flexibility index (Phi) is 7.56. The van der Waals surface area contributed by atoms with Crippen LogP contribution in [0.5, 0.6) is 5.75 Å². The number of benzene rings is 1. The lowest BCUT2D eigenvalue weighted by atomic mass is 9.82. The van der Waals surface area contributed by atoms with Crippen molar-refractivity contribution >= 4 is 23.2 Å². The molecule has 0 spiro atoms. The van der Waals surface area contributed by atoms with E-state index in [4.69, 9.17) is 16.1 Å². The second-order valence-corrected chi connectivity index (χ2v) is 10.2. The quantitative estimate of drug-likeness (QED) is 0.329. The van der Waals surface area contributed by atoms with Crippen molar-refractivity contribution < 1.29 is 18.8 Å². The topological polar surface area (TPSA) is 152 Å². The van der Waals surface area contributed by atoms with Gasteiger partial charge in [-0.05, 0) is 43.2 Å². The number of rotatable bonds is 8. The van der Waals surface area contributed by atoms with Crippen LogP contribution in [0.4, 0.5) is 10.1 Å². The Morgan fingerprint density at radius 1 is 1.36 bits per heavy atom. The molecule has 0 saturated heterocycles. The van der Waals surface area contributed by atoms with Crippen molar-refractivity contribution in [2.24, 2.45) is 12.5 Å². The number of aromatic hydroxyl groups is 1. The highest BCUT2D eigenvalue weighted by Gasteiger charge is 2.32. The summed E-state index contributed by atoms with van der Waals surface area (Å²) >= 11 is 6.52. The van der Waals surface area contributed by atoms with Crippen LogP contribution in [0.3, 0.4) is 0 Å². The zero-order valence-corrected chi connectivity index (χ0v) is 22.3. The third kappa shape index (κ3) is 5.68. The van der Waals surface area contributed by atoms with E-state index in [0.29, 0.717) is 17.7 Å². The van der Waals surface area contributed by atoms with Gasteiger partial charge in [-0.3, -0.25) is 18.8 Å². The summed E-state index contributed by atoms with van der Waals surface area (Å²) in [7, 11) is 1.41. The van der Waals surface area contributed by atoms with Gasteiger partial charge in [0, 0.05) is 30.1 Å². The second-order valence-electron chi connectivity index (χ2n) is 9.80. The molecule has 0 fully saturated rings. The summed E-state index contributed by atoms with van der Waals surface area (Å²) in [6.07, 6.45) is 5.72. The molecule has 13 heteroatoms. The van der Waals surface area contributed by atoms with E-state index in [0.717, 1.165) is 4.57 Å². The van der Waals surface area contributed by atoms with Crippen molar-refractivity contribution in [2.75, 3.05) is 5.32 Å². The average molecular weight is 554 g/mol. The maximum atomic E-state index is 14.4. The van der Waals surface area contributed by atoms with Crippen LogP contribution in [0.15, 0.2) is 52.4 Å². The number of amides is 1. The highest BCUT2D eigenvalue weighted by Crippen LogP contribution is 2.41. The van der Waals surface area contributed by atoms with Gasteiger partial charge in [0.2, 0.25) is 5.75 Å². The molecule has 0 aliphatic rings. The molecule has 4 aromatic rings. The number of hydrogen-bond acceptors (Lipinski definition) is 8. The van der Waals surface area contributed by atoms with Crippen LogP contribution in [-0.2, 0) is 13.6 Å². The minimum Gasteiger partial charge on any atom is -0.501 e. The molecular weight excluding hydrogens is 529 g/mol. The second kappa shape index (κ2) is 10.7. The molecule has 1 amide bonds. The summed E-state index contributed by atoms with van der Waals surface area (Å²) in [4.78, 5) is 30.2. The van der Waals surface area contributed by atoms with Crippen molar-refractivity contribution in [3.8, 4) is 11.8 Å². The third-order valence-electron chi connectivity index (χ3n) is 6.28. The van der Waals surface area contributed by atoms with Gasteiger partial charge in [0.25, 0.3) is 11.5 Å². The highest BCUT2D eigenvalue weighted by atomic mass is 35.5. The Hall–Kier alpha value is -4.50. The Bertz CT molecular complexity index is 1620. The fraction of sp³-hybridized carbons (Fsp3) is 0.308. The van der Waals surface area contributed by atoms with Crippen molar-refractivity contribution in [1.29, 1.82) is 5.26 Å². The van der Waals surface area contributed by atoms with Gasteiger partial charge >= 0.3 is 0 Å². The molecule has 1 aromatic carbocycles. The van der Waals surface area contributed by atoms with Crippen molar-refractivity contribution in [1.82, 2.24) is 24.5 Å². The van der Waals surface area contributed by atoms with Crippen LogP contribution < -0.4 is 10.9 Å². The number of halogens is 2. The third-order valence-corrected chi connectivity index (χ3v) is 6.62. The fourth-order valence-electron chi connectivity index (χ4n) is 4.34. The van der Waals surface area contributed by atoms with Crippen LogP contribution in [0.2, 0.25) is 5.02 Å². The van der Waals surface area contributed by atoms with Crippen LogP contribution in [-0.4, -0.2) is 35.5 Å². The lowest BCUT2D eigenvalue weighted by Gasteiger charge is -2.26. The molecule has 3 heterocycles. The van der Waals surface area contributed by atoms with E-state index in [1.165, 1.54) is 37.7 Å². The monoisotopic (exact) mass is 553 g/mol. The molecule has 39 heavy (non-hydrogen) atoms. The largest absolute Gasteiger partial charge is 0.501 e. The van der Waals surface area contributed by atoms with E-state index in [9.17, 15) is 24.3 Å². The van der Waals surface area contributed by atoms with E-state index in [-0.39, 0.29) is 16.5 Å². The zero-order valence-electron chi connectivity index (χ0n) is 21.5. The van der Waals surface area contributed by atoms with Gasteiger partial charge in [-0.1, -0.05) is 23.7 Å². The number of anilines is 1. The van der Waals surface area contributed by atoms with Crippen molar-refractivity contribution in [3.63, 3.8) is 0 Å². The molecule has 0 unspecified atom stereocenters. The summed E-state index contributed by atoms with van der Waals surface area (Å²) in [5.41, 5.74) is -0.832. The summed E-state index contributed by atoms with van der Waals surface area (Å²) in [6, 6.07) is 6.17. The molecule has 2 atom stereocenters. The first kappa shape index (κ1) is 27.5. The Morgan fingerprint density at radius 2 is 2.10 bits per heavy atom. The molecule has 4 rings (SSSR count). The number of aromatic nitrogens is 5. The van der Waals surface area contributed by atoms with Crippen LogP contribution >= 0.6 is 11.6 Å². The molecule has 11 nitrogen and oxygen atoms in total. The number of nitrogens with zero attached hydrogens (tertiary/aromatic N) is 6. The minimum atomic E-state index is -0.853. The van der Waals surface area contributed by atoms with Gasteiger partial charge in [0.15, 0.2) is 5.69 Å². The molecule has 3 aromatic heterocycles. The maximum Gasteiger partial charge on any atom is 0.296 e. The van der Waals surface area contributed by atoms with E-state index in [1.54, 1.807) is 37.8 Å². The van der Waals surface area contributed by atoms with E-state index in [1.807, 2.05) is 0 Å². The fourth-order valence-corrected chi connectivity index (χ4v) is 4.57. The first-order chi connectivity index (χ1) is 18.4. The molecule has 0 radical (unpaired) electrons. The van der Waals surface area contributed by atoms with Gasteiger partial charge in [0.1, 0.15) is 23.6 Å². The number of nitrogens with one attached hydrogen (secondary N) is 1. The highest BCUT2D eigenvalue weighted by molar-refractivity contribution is 6.31. The predicted molar refractivity (Wildman–Crippen MR) is 139 cm³/mol. The Labute approximate surface area is 227 Å². The van der Waals surface area contributed by atoms with Crippen molar-refractivity contribution in [2.45, 2.75) is 39.2 Å². The maximum absolute atomic E-state index is 14.4. The molecular formula is C26H25ClFN7O4. The molecule has 0 aliphatic heterocycles. The first-order valence-corrected chi connectivity index (χ1v) is 12.2. The molecule has 0 saturated carbocycles. The van der Waals surface area contributed by atoms with Gasteiger partial charge in [-0.25, -0.2) is 9.37 Å². The number of hydrogen-bond donors (Lipinski definition) is 2. The van der Waals surface area contributed by atoms with Crippen LogP contribution in [0, 0.1) is 22.6 Å². The number of carbonyl (C=O) groups is 1. The van der Waals surface area contributed by atoms with Crippen molar-refractivity contribution in [3.05, 3.63) is 86.9 Å². The van der Waals surface area contributed by atoms with Gasteiger partial charge in [-0.2, -0.15) is 10.4 Å². The van der Waals surface area contributed by atoms with E-state index < -0.39 is 46.0 Å². The van der Waals surface area contributed by atoms with E-state index >= 15 is 0 Å².